The van der Waals surface area contributed by atoms with Gasteiger partial charge in [-0.2, -0.15) is 0 Å². The molecule has 0 bridgehead atoms. The number of unbranched alkanes of at least 4 members (excludes halogenated alkanes) is 1. The standard InChI is InChI=1S/C9H15N2.CHNS/c1-3-5-6-11-8-7-10(4-2)9-11;2-1-3/h4,7-9H,2-3,5-6H2,1H3;3H/q+1;/p-1. The summed E-state index contributed by atoms with van der Waals surface area (Å²) >= 11 is 3.70. The van der Waals surface area contributed by atoms with E-state index in [1.165, 1.54) is 18.2 Å². The lowest BCUT2D eigenvalue weighted by Gasteiger charge is -1.90. The summed E-state index contributed by atoms with van der Waals surface area (Å²) in [7, 11) is 0. The molecule has 0 spiro atoms. The normalized spacial score (nSPS) is 8.29. The molecule has 0 atom stereocenters. The van der Waals surface area contributed by atoms with Crippen LogP contribution in [-0.2, 0) is 19.2 Å². The Morgan fingerprint density at radius 1 is 1.71 bits per heavy atom. The molecule has 0 unspecified atom stereocenters. The summed E-state index contributed by atoms with van der Waals surface area (Å²) in [6, 6.07) is 0. The Morgan fingerprint density at radius 3 is 2.79 bits per heavy atom. The number of aryl methyl sites for hydroxylation is 1. The first kappa shape index (κ1) is 12.7. The van der Waals surface area contributed by atoms with E-state index in [2.05, 4.69) is 36.9 Å². The van der Waals surface area contributed by atoms with Gasteiger partial charge in [0, 0.05) is 0 Å². The molecule has 0 saturated heterocycles. The van der Waals surface area contributed by atoms with Crippen LogP contribution in [0.15, 0.2) is 25.3 Å². The van der Waals surface area contributed by atoms with Gasteiger partial charge < -0.3 is 12.6 Å². The van der Waals surface area contributed by atoms with Gasteiger partial charge >= 0.3 is 0 Å². The Bertz CT molecular complexity index is 299. The lowest BCUT2D eigenvalue weighted by Crippen LogP contribution is -2.30. The average molecular weight is 209 g/mol. The average Bonchev–Trinajstić information content (AvgIpc) is 2.63. The largest absolute Gasteiger partial charge is 0.696 e. The number of thiocyanates is 1. The molecule has 0 aliphatic rings. The summed E-state index contributed by atoms with van der Waals surface area (Å²) < 4.78 is 4.13. The Labute approximate surface area is 90.7 Å². The second-order valence-corrected chi connectivity index (χ2v) is 2.91. The van der Waals surface area contributed by atoms with Crippen molar-refractivity contribution in [1.82, 2.24) is 4.57 Å². The summed E-state index contributed by atoms with van der Waals surface area (Å²) in [6.07, 6.45) is 10.4. The second kappa shape index (κ2) is 8.27. The maximum Gasteiger partial charge on any atom is 0.248 e. The summed E-state index contributed by atoms with van der Waals surface area (Å²) in [5, 5.41) is 8.47. The molecule has 0 aliphatic heterocycles. The van der Waals surface area contributed by atoms with E-state index >= 15 is 0 Å². The Hall–Kier alpha value is -1.34. The van der Waals surface area contributed by atoms with E-state index in [1.807, 2.05) is 17.1 Å². The molecular formula is C10H15N3S. The minimum Gasteiger partial charge on any atom is -0.696 e. The zero-order valence-corrected chi connectivity index (χ0v) is 9.20. The maximum atomic E-state index is 7.13. The summed E-state index contributed by atoms with van der Waals surface area (Å²) in [4.78, 5) is 0. The predicted molar refractivity (Wildman–Crippen MR) is 58.9 cm³/mol. The maximum absolute atomic E-state index is 7.13. The van der Waals surface area contributed by atoms with Crippen LogP contribution in [0.3, 0.4) is 0 Å². The van der Waals surface area contributed by atoms with E-state index in [1.54, 1.807) is 6.20 Å². The smallest absolute Gasteiger partial charge is 0.248 e. The fourth-order valence-electron chi connectivity index (χ4n) is 0.992. The Morgan fingerprint density at radius 2 is 2.36 bits per heavy atom. The van der Waals surface area contributed by atoms with Crippen molar-refractivity contribution in [1.29, 1.82) is 5.26 Å². The molecule has 1 aromatic heterocycles. The second-order valence-electron chi connectivity index (χ2n) is 2.73. The molecule has 0 saturated carbocycles. The van der Waals surface area contributed by atoms with Crippen molar-refractivity contribution in [2.45, 2.75) is 26.3 Å². The number of hydrogen-bond acceptors (Lipinski definition) is 2. The Kier molecular flexibility index (Phi) is 7.48. The van der Waals surface area contributed by atoms with E-state index in [4.69, 9.17) is 5.26 Å². The van der Waals surface area contributed by atoms with Crippen molar-refractivity contribution in [3.05, 3.63) is 25.3 Å². The fraction of sp³-hybridized carbons (Fsp3) is 0.400. The number of nitriles is 1. The molecule has 4 heteroatoms. The van der Waals surface area contributed by atoms with E-state index in [0.29, 0.717) is 0 Å². The van der Waals surface area contributed by atoms with Crippen LogP contribution >= 0.6 is 0 Å². The van der Waals surface area contributed by atoms with Crippen LogP contribution in [-0.4, -0.2) is 4.57 Å². The zero-order chi connectivity index (χ0) is 10.8. The molecular weight excluding hydrogens is 194 g/mol. The van der Waals surface area contributed by atoms with Gasteiger partial charge in [0.05, 0.1) is 12.7 Å². The van der Waals surface area contributed by atoms with Crippen LogP contribution in [0.1, 0.15) is 19.8 Å². The third kappa shape index (κ3) is 5.33. The first-order chi connectivity index (χ1) is 6.78. The monoisotopic (exact) mass is 209 g/mol. The third-order valence-electron chi connectivity index (χ3n) is 1.69. The first-order valence-corrected chi connectivity index (χ1v) is 4.89. The van der Waals surface area contributed by atoms with Crippen LogP contribution in [0.2, 0.25) is 0 Å². The summed E-state index contributed by atoms with van der Waals surface area (Å²) in [5.74, 6) is 0. The molecule has 3 nitrogen and oxygen atoms in total. The van der Waals surface area contributed by atoms with Gasteiger partial charge in [-0.3, -0.25) is 0 Å². The van der Waals surface area contributed by atoms with Crippen molar-refractivity contribution >= 4 is 18.8 Å². The van der Waals surface area contributed by atoms with E-state index in [0.717, 1.165) is 6.54 Å². The lowest BCUT2D eigenvalue weighted by atomic mass is 10.3. The molecule has 0 aromatic carbocycles. The lowest BCUT2D eigenvalue weighted by molar-refractivity contribution is -0.696. The van der Waals surface area contributed by atoms with Gasteiger partial charge in [-0.05, 0) is 6.42 Å². The number of imidazole rings is 1. The number of rotatable bonds is 4. The van der Waals surface area contributed by atoms with Crippen molar-refractivity contribution in [2.24, 2.45) is 0 Å². The highest BCUT2D eigenvalue weighted by Crippen LogP contribution is 1.88. The molecule has 76 valence electrons. The molecule has 0 N–H and O–H groups in total. The van der Waals surface area contributed by atoms with Crippen LogP contribution in [0.25, 0.3) is 6.20 Å². The third-order valence-corrected chi connectivity index (χ3v) is 1.69. The molecule has 1 aromatic rings. The van der Waals surface area contributed by atoms with Crippen molar-refractivity contribution in [3.63, 3.8) is 0 Å². The van der Waals surface area contributed by atoms with Gasteiger partial charge in [0.15, 0.2) is 0 Å². The highest BCUT2D eigenvalue weighted by molar-refractivity contribution is 7.64. The SMILES string of the molecule is C=Cn1cc[n+](CCCC)c1.N#C[S-]. The molecule has 0 radical (unpaired) electrons. The van der Waals surface area contributed by atoms with Crippen molar-refractivity contribution in [3.8, 4) is 5.40 Å². The molecule has 0 fully saturated rings. The van der Waals surface area contributed by atoms with Crippen LogP contribution < -0.4 is 4.57 Å². The van der Waals surface area contributed by atoms with Gasteiger partial charge in [0.2, 0.25) is 6.33 Å². The van der Waals surface area contributed by atoms with Crippen LogP contribution in [0, 0.1) is 10.7 Å². The first-order valence-electron chi connectivity index (χ1n) is 4.48. The van der Waals surface area contributed by atoms with Gasteiger partial charge in [-0.25, -0.2) is 14.4 Å². The van der Waals surface area contributed by atoms with Gasteiger partial charge in [-0.1, -0.05) is 25.3 Å². The van der Waals surface area contributed by atoms with Gasteiger partial charge in [0.1, 0.15) is 12.4 Å². The number of nitrogens with zero attached hydrogens (tertiary/aromatic N) is 3. The summed E-state index contributed by atoms with van der Waals surface area (Å²) in [6.45, 7) is 6.98. The van der Waals surface area contributed by atoms with Crippen molar-refractivity contribution in [2.75, 3.05) is 0 Å². The summed E-state index contributed by atoms with van der Waals surface area (Å²) in [5.41, 5.74) is 0. The predicted octanol–water partition coefficient (Wildman–Crippen LogP) is 1.69. The zero-order valence-electron chi connectivity index (χ0n) is 8.39. The fourth-order valence-corrected chi connectivity index (χ4v) is 0.992. The Balaban J connectivity index is 0.000000500. The topological polar surface area (TPSA) is 32.6 Å². The van der Waals surface area contributed by atoms with E-state index in [9.17, 15) is 0 Å². The molecule has 1 heterocycles. The highest BCUT2D eigenvalue weighted by Gasteiger charge is 1.97. The van der Waals surface area contributed by atoms with Gasteiger partial charge in [-0.15, -0.1) is 0 Å². The molecule has 0 aliphatic carbocycles. The molecule has 0 amide bonds. The van der Waals surface area contributed by atoms with Gasteiger partial charge in [0.25, 0.3) is 0 Å². The minimum atomic E-state index is 1.11. The molecule has 1 rings (SSSR count). The highest BCUT2D eigenvalue weighted by atomic mass is 32.1. The van der Waals surface area contributed by atoms with Crippen LogP contribution in [0.5, 0.6) is 0 Å². The van der Waals surface area contributed by atoms with Crippen LogP contribution in [0.4, 0.5) is 0 Å². The minimum absolute atomic E-state index is 1.11. The van der Waals surface area contributed by atoms with E-state index in [-0.39, 0.29) is 0 Å². The quantitative estimate of drug-likeness (QED) is 0.429. The number of aromatic nitrogens is 2. The van der Waals surface area contributed by atoms with E-state index < -0.39 is 0 Å². The molecule has 14 heavy (non-hydrogen) atoms. The van der Waals surface area contributed by atoms with Crippen molar-refractivity contribution < 1.29 is 4.57 Å². The number of hydrogen-bond donors (Lipinski definition) is 0.